The Morgan fingerprint density at radius 2 is 1.20 bits per heavy atom. The quantitative estimate of drug-likeness (QED) is 0.127. The van der Waals surface area contributed by atoms with E-state index in [0.29, 0.717) is 0 Å². The summed E-state index contributed by atoms with van der Waals surface area (Å²) in [6.07, 6.45) is 3.87. The average Bonchev–Trinajstić information content (AvgIpc) is 3.61. The monoisotopic (exact) mass is 711 g/mol. The summed E-state index contributed by atoms with van der Waals surface area (Å²) in [6.45, 7) is 4.59. The van der Waals surface area contributed by atoms with Gasteiger partial charge in [0, 0.05) is 45.4 Å². The van der Waals surface area contributed by atoms with Crippen LogP contribution in [0.2, 0.25) is 0 Å². The Morgan fingerprint density at radius 1 is 0.556 bits per heavy atom. The van der Waals surface area contributed by atoms with E-state index in [-0.39, 0.29) is 5.41 Å². The van der Waals surface area contributed by atoms with E-state index in [1.807, 2.05) is 30.6 Å². The van der Waals surface area contributed by atoms with Crippen molar-refractivity contribution in [2.24, 2.45) is 0 Å². The van der Waals surface area contributed by atoms with Gasteiger partial charge in [-0.05, 0) is 62.7 Å². The predicted octanol–water partition coefficient (Wildman–Crippen LogP) is 9.53. The van der Waals surface area contributed by atoms with E-state index < -0.39 is 8.07 Å². The largest absolute Gasteiger partial charge is 0.456 e. The molecule has 1 aliphatic rings. The van der Waals surface area contributed by atoms with E-state index in [1.165, 1.54) is 26.3 Å². The van der Waals surface area contributed by atoms with Crippen molar-refractivity contribution in [3.05, 3.63) is 199 Å². The molecule has 5 heteroatoms. The second-order valence-corrected chi connectivity index (χ2v) is 18.4. The fourth-order valence-corrected chi connectivity index (χ4v) is 13.6. The highest BCUT2D eigenvalue weighted by molar-refractivity contribution is 7.20. The molecule has 0 spiro atoms. The molecule has 0 atom stereocenters. The number of anilines is 3. The maximum atomic E-state index is 6.72. The zero-order valence-corrected chi connectivity index (χ0v) is 31.1. The number of nitrogens with zero attached hydrogens (tertiary/aromatic N) is 3. The molecule has 0 aliphatic carbocycles. The molecule has 0 saturated heterocycles. The van der Waals surface area contributed by atoms with Crippen molar-refractivity contribution in [3.8, 4) is 11.3 Å². The molecule has 0 fully saturated rings. The maximum Gasteiger partial charge on any atom is 0.179 e. The van der Waals surface area contributed by atoms with E-state index in [9.17, 15) is 0 Å². The molecule has 0 saturated carbocycles. The van der Waals surface area contributed by atoms with Crippen molar-refractivity contribution in [3.63, 3.8) is 0 Å². The first-order chi connectivity index (χ1) is 26.5. The third-order valence-corrected chi connectivity index (χ3v) is 16.0. The first kappa shape index (κ1) is 32.1. The average molecular weight is 712 g/mol. The molecule has 6 aromatic carbocycles. The molecule has 0 N–H and O–H groups in total. The normalized spacial score (nSPS) is 13.5. The van der Waals surface area contributed by atoms with Gasteiger partial charge in [0.1, 0.15) is 17.0 Å². The minimum absolute atomic E-state index is 0.362. The van der Waals surface area contributed by atoms with Gasteiger partial charge in [-0.1, -0.05) is 153 Å². The van der Waals surface area contributed by atoms with E-state index in [0.717, 1.165) is 56.0 Å². The van der Waals surface area contributed by atoms with Gasteiger partial charge < -0.3 is 4.42 Å². The van der Waals surface area contributed by atoms with Crippen LogP contribution in [-0.2, 0) is 5.41 Å². The van der Waals surface area contributed by atoms with Crippen molar-refractivity contribution < 1.29 is 4.42 Å². The van der Waals surface area contributed by atoms with Gasteiger partial charge in [-0.2, -0.15) is 0 Å². The first-order valence-electron chi connectivity index (χ1n) is 18.5. The smallest absolute Gasteiger partial charge is 0.179 e. The SMILES string of the molecule is CC1(C)c2ccccc2N(c2cccc([Si](c3ccccc3)(c3ccccc3)c3cccc(-c4ccccn4)c3)c2)c2ncc3c(oc4ccccc43)c21. The third kappa shape index (κ3) is 4.82. The lowest BCUT2D eigenvalue weighted by atomic mass is 9.74. The summed E-state index contributed by atoms with van der Waals surface area (Å²) in [5.41, 5.74) is 7.98. The van der Waals surface area contributed by atoms with Gasteiger partial charge in [0.05, 0.1) is 11.4 Å². The van der Waals surface area contributed by atoms with Gasteiger partial charge in [0.25, 0.3) is 0 Å². The number of para-hydroxylation sites is 2. The van der Waals surface area contributed by atoms with Crippen molar-refractivity contribution in [1.82, 2.24) is 9.97 Å². The van der Waals surface area contributed by atoms with Gasteiger partial charge >= 0.3 is 0 Å². The zero-order valence-electron chi connectivity index (χ0n) is 30.1. The highest BCUT2D eigenvalue weighted by atomic mass is 28.3. The number of benzene rings is 6. The van der Waals surface area contributed by atoms with Gasteiger partial charge in [0.2, 0.25) is 0 Å². The second-order valence-electron chi connectivity index (χ2n) is 14.6. The lowest BCUT2D eigenvalue weighted by Crippen LogP contribution is -2.74. The summed E-state index contributed by atoms with van der Waals surface area (Å²) < 4.78 is 6.72. The lowest BCUT2D eigenvalue weighted by molar-refractivity contribution is 0.599. The number of fused-ring (bicyclic) bond motifs is 6. The first-order valence-corrected chi connectivity index (χ1v) is 20.5. The summed E-state index contributed by atoms with van der Waals surface area (Å²) in [5.74, 6) is 0.895. The van der Waals surface area contributed by atoms with E-state index in [2.05, 4.69) is 176 Å². The van der Waals surface area contributed by atoms with Crippen LogP contribution in [0.15, 0.2) is 193 Å². The van der Waals surface area contributed by atoms with Crippen molar-refractivity contribution in [2.75, 3.05) is 4.90 Å². The van der Waals surface area contributed by atoms with Gasteiger partial charge in [-0.3, -0.25) is 9.88 Å². The van der Waals surface area contributed by atoms with Crippen LogP contribution in [0.25, 0.3) is 33.2 Å². The summed E-state index contributed by atoms with van der Waals surface area (Å²) >= 11 is 0. The van der Waals surface area contributed by atoms with Crippen LogP contribution in [0.4, 0.5) is 17.2 Å². The molecule has 0 unspecified atom stereocenters. The van der Waals surface area contributed by atoms with Crippen LogP contribution in [0.5, 0.6) is 0 Å². The molecule has 258 valence electrons. The van der Waals surface area contributed by atoms with Crippen LogP contribution < -0.4 is 25.6 Å². The topological polar surface area (TPSA) is 42.2 Å². The molecule has 3 aromatic heterocycles. The van der Waals surface area contributed by atoms with Crippen molar-refractivity contribution in [1.29, 1.82) is 0 Å². The van der Waals surface area contributed by atoms with Gasteiger partial charge in [-0.15, -0.1) is 0 Å². The van der Waals surface area contributed by atoms with Gasteiger partial charge in [0.15, 0.2) is 8.07 Å². The molecule has 0 bridgehead atoms. The standard InChI is InChI=1S/C49H37N3OSi/c1-49(2)42-26-10-11-28-44(42)52(48-46(49)47-41(33-51-48)40-25-9-12-29-45(40)53-47)35-18-16-24-39(32-35)54(36-19-5-3-6-20-36,37-21-7-4-8-22-37)38-23-15-17-34(31-38)43-27-13-14-30-50-43/h3-33H,1-2H3. The minimum Gasteiger partial charge on any atom is -0.456 e. The molecular weight excluding hydrogens is 675 g/mol. The number of aromatic nitrogens is 2. The van der Waals surface area contributed by atoms with Gasteiger partial charge in [-0.25, -0.2) is 4.98 Å². The Hall–Kier alpha value is -6.56. The number of rotatable bonds is 6. The molecule has 4 nitrogen and oxygen atoms in total. The molecule has 9 aromatic rings. The maximum absolute atomic E-state index is 6.72. The fraction of sp³-hybridized carbons (Fsp3) is 0.0612. The van der Waals surface area contributed by atoms with Crippen molar-refractivity contribution >= 4 is 68.0 Å². The van der Waals surface area contributed by atoms with Crippen LogP contribution in [0.3, 0.4) is 0 Å². The Morgan fingerprint density at radius 3 is 1.96 bits per heavy atom. The lowest BCUT2D eigenvalue weighted by Gasteiger charge is -2.41. The summed E-state index contributed by atoms with van der Waals surface area (Å²) in [5, 5.41) is 7.33. The van der Waals surface area contributed by atoms with E-state index in [4.69, 9.17) is 14.4 Å². The molecule has 1 aliphatic heterocycles. The number of pyridine rings is 2. The van der Waals surface area contributed by atoms with Crippen molar-refractivity contribution in [2.45, 2.75) is 19.3 Å². The Labute approximate surface area is 316 Å². The summed E-state index contributed by atoms with van der Waals surface area (Å²) in [7, 11) is -2.93. The molecular formula is C49H37N3OSi. The Kier molecular flexibility index (Phi) is 7.46. The molecule has 54 heavy (non-hydrogen) atoms. The van der Waals surface area contributed by atoms with E-state index in [1.54, 1.807) is 0 Å². The summed E-state index contributed by atoms with van der Waals surface area (Å²) in [4.78, 5) is 12.4. The molecule has 4 heterocycles. The van der Waals surface area contributed by atoms with E-state index >= 15 is 0 Å². The number of furan rings is 1. The highest BCUT2D eigenvalue weighted by Gasteiger charge is 2.44. The predicted molar refractivity (Wildman–Crippen MR) is 225 cm³/mol. The molecule has 0 radical (unpaired) electrons. The third-order valence-electron chi connectivity index (χ3n) is 11.3. The Bertz CT molecular complexity index is 2770. The van der Waals surface area contributed by atoms with Crippen LogP contribution in [0.1, 0.15) is 25.0 Å². The second kappa shape index (κ2) is 12.5. The zero-order chi connectivity index (χ0) is 36.3. The number of hydrogen-bond acceptors (Lipinski definition) is 4. The van der Waals surface area contributed by atoms with Crippen LogP contribution >= 0.6 is 0 Å². The van der Waals surface area contributed by atoms with Crippen LogP contribution in [-0.4, -0.2) is 18.0 Å². The highest BCUT2D eigenvalue weighted by Crippen LogP contribution is 2.53. The molecule has 0 amide bonds. The molecule has 10 rings (SSSR count). The van der Waals surface area contributed by atoms with Crippen LogP contribution in [0, 0.1) is 0 Å². The Balaban J connectivity index is 1.26. The summed E-state index contributed by atoms with van der Waals surface area (Å²) in [6, 6.07) is 63.6. The number of hydrogen-bond donors (Lipinski definition) is 0. The minimum atomic E-state index is -2.93. The fourth-order valence-electron chi connectivity index (χ4n) is 8.81.